The highest BCUT2D eigenvalue weighted by atomic mass is 16.3. The van der Waals surface area contributed by atoms with Crippen LogP contribution in [0.5, 0.6) is 0 Å². The van der Waals surface area contributed by atoms with E-state index in [1.165, 1.54) is 0 Å². The van der Waals surface area contributed by atoms with Crippen LogP contribution in [0, 0.1) is 0 Å². The third kappa shape index (κ3) is 2.52. The van der Waals surface area contributed by atoms with Crippen molar-refractivity contribution in [2.75, 3.05) is 26.2 Å². The van der Waals surface area contributed by atoms with E-state index in [2.05, 4.69) is 0 Å². The topological polar surface area (TPSA) is 60.9 Å². The Morgan fingerprint density at radius 2 is 1.86 bits per heavy atom. The summed E-state index contributed by atoms with van der Waals surface area (Å²) in [6.45, 7) is 4.82. The van der Waals surface area contributed by atoms with Crippen molar-refractivity contribution in [2.24, 2.45) is 0 Å². The highest BCUT2D eigenvalue weighted by Crippen LogP contribution is 2.05. The van der Waals surface area contributed by atoms with Gasteiger partial charge in [-0.2, -0.15) is 0 Å². The van der Waals surface area contributed by atoms with Crippen LogP contribution >= 0.6 is 0 Å². The SMILES string of the molecule is CCN1CC(=O)N(CC(C)O)C(=O)C1. The summed E-state index contributed by atoms with van der Waals surface area (Å²) in [4.78, 5) is 25.8. The average molecular weight is 200 g/mol. The lowest BCUT2D eigenvalue weighted by atomic mass is 10.2. The highest BCUT2D eigenvalue weighted by Gasteiger charge is 2.30. The number of β-amino-alcohol motifs (C(OH)–C–C–N with tert-alkyl or cyclic N) is 1. The van der Waals surface area contributed by atoms with Gasteiger partial charge in [-0.05, 0) is 13.5 Å². The first-order chi connectivity index (χ1) is 6.54. The second-order valence-corrected chi connectivity index (χ2v) is 3.55. The molecule has 0 aromatic rings. The lowest BCUT2D eigenvalue weighted by Gasteiger charge is -2.32. The molecular weight excluding hydrogens is 184 g/mol. The minimum Gasteiger partial charge on any atom is -0.392 e. The first-order valence-electron chi connectivity index (χ1n) is 4.78. The second-order valence-electron chi connectivity index (χ2n) is 3.55. The maximum Gasteiger partial charge on any atom is 0.243 e. The Bertz CT molecular complexity index is 222. The number of aliphatic hydroxyl groups is 1. The van der Waals surface area contributed by atoms with Crippen molar-refractivity contribution < 1.29 is 14.7 Å². The predicted octanol–water partition coefficient (Wildman–Crippen LogP) is -0.942. The molecule has 1 heterocycles. The Morgan fingerprint density at radius 1 is 1.36 bits per heavy atom. The van der Waals surface area contributed by atoms with Crippen LogP contribution in [0.2, 0.25) is 0 Å². The summed E-state index contributed by atoms with van der Waals surface area (Å²) < 4.78 is 0. The molecule has 0 aromatic carbocycles. The molecule has 1 N–H and O–H groups in total. The van der Waals surface area contributed by atoms with Crippen molar-refractivity contribution in [3.8, 4) is 0 Å². The van der Waals surface area contributed by atoms with Crippen molar-refractivity contribution >= 4 is 11.8 Å². The molecule has 1 atom stereocenters. The molecule has 0 spiro atoms. The van der Waals surface area contributed by atoms with E-state index in [0.717, 1.165) is 4.90 Å². The van der Waals surface area contributed by atoms with E-state index in [0.29, 0.717) is 6.54 Å². The van der Waals surface area contributed by atoms with E-state index < -0.39 is 6.10 Å². The van der Waals surface area contributed by atoms with E-state index >= 15 is 0 Å². The van der Waals surface area contributed by atoms with Crippen LogP contribution in [0.15, 0.2) is 0 Å². The number of aliphatic hydroxyl groups excluding tert-OH is 1. The van der Waals surface area contributed by atoms with Gasteiger partial charge in [-0.25, -0.2) is 0 Å². The predicted molar refractivity (Wildman–Crippen MR) is 50.5 cm³/mol. The fraction of sp³-hybridized carbons (Fsp3) is 0.778. The average Bonchev–Trinajstić information content (AvgIpc) is 2.10. The molecular formula is C9H16N2O3. The van der Waals surface area contributed by atoms with E-state index in [9.17, 15) is 9.59 Å². The van der Waals surface area contributed by atoms with Gasteiger partial charge in [0.1, 0.15) is 0 Å². The Labute approximate surface area is 83.3 Å². The summed E-state index contributed by atoms with van der Waals surface area (Å²) in [5, 5.41) is 9.10. The Kier molecular flexibility index (Phi) is 3.60. The summed E-state index contributed by atoms with van der Waals surface area (Å²) in [7, 11) is 0. The highest BCUT2D eigenvalue weighted by molar-refractivity contribution is 5.99. The van der Waals surface area contributed by atoms with Crippen LogP contribution in [0.3, 0.4) is 0 Å². The lowest BCUT2D eigenvalue weighted by Crippen LogP contribution is -2.55. The summed E-state index contributed by atoms with van der Waals surface area (Å²) >= 11 is 0. The van der Waals surface area contributed by atoms with Gasteiger partial charge in [0, 0.05) is 0 Å². The van der Waals surface area contributed by atoms with Gasteiger partial charge < -0.3 is 5.11 Å². The first kappa shape index (κ1) is 11.1. The van der Waals surface area contributed by atoms with Crippen LogP contribution in [-0.4, -0.2) is 59.0 Å². The standard InChI is InChI=1S/C9H16N2O3/c1-3-10-5-8(13)11(4-7(2)12)9(14)6-10/h7,12H,3-6H2,1-2H3. The molecule has 1 aliphatic heterocycles. The van der Waals surface area contributed by atoms with E-state index in [1.807, 2.05) is 6.92 Å². The molecule has 14 heavy (non-hydrogen) atoms. The van der Waals surface area contributed by atoms with E-state index in [-0.39, 0.29) is 31.4 Å². The third-order valence-electron chi connectivity index (χ3n) is 2.21. The van der Waals surface area contributed by atoms with Gasteiger partial charge in [-0.1, -0.05) is 6.92 Å². The lowest BCUT2D eigenvalue weighted by molar-refractivity contribution is -0.152. The third-order valence-corrected chi connectivity index (χ3v) is 2.21. The quantitative estimate of drug-likeness (QED) is 0.597. The zero-order valence-electron chi connectivity index (χ0n) is 8.56. The van der Waals surface area contributed by atoms with Crippen molar-refractivity contribution in [3.05, 3.63) is 0 Å². The fourth-order valence-corrected chi connectivity index (χ4v) is 1.44. The van der Waals surface area contributed by atoms with Crippen molar-refractivity contribution in [1.29, 1.82) is 0 Å². The minimum absolute atomic E-state index is 0.106. The van der Waals surface area contributed by atoms with Crippen molar-refractivity contribution in [2.45, 2.75) is 20.0 Å². The number of amides is 2. The van der Waals surface area contributed by atoms with Gasteiger partial charge in [0.2, 0.25) is 11.8 Å². The maximum absolute atomic E-state index is 11.5. The van der Waals surface area contributed by atoms with Gasteiger partial charge in [-0.15, -0.1) is 0 Å². The molecule has 5 nitrogen and oxygen atoms in total. The maximum atomic E-state index is 11.5. The van der Waals surface area contributed by atoms with Crippen LogP contribution < -0.4 is 0 Å². The summed E-state index contributed by atoms with van der Waals surface area (Å²) in [6.07, 6.45) is -0.656. The number of carbonyl (C=O) groups excluding carboxylic acids is 2. The number of carbonyl (C=O) groups is 2. The van der Waals surface area contributed by atoms with Crippen molar-refractivity contribution in [3.63, 3.8) is 0 Å². The van der Waals surface area contributed by atoms with Crippen LogP contribution in [0.1, 0.15) is 13.8 Å². The largest absolute Gasteiger partial charge is 0.392 e. The van der Waals surface area contributed by atoms with Crippen LogP contribution in [0.4, 0.5) is 0 Å². The molecule has 1 unspecified atom stereocenters. The van der Waals surface area contributed by atoms with Gasteiger partial charge >= 0.3 is 0 Å². The molecule has 0 aliphatic carbocycles. The second kappa shape index (κ2) is 4.52. The van der Waals surface area contributed by atoms with E-state index in [1.54, 1.807) is 11.8 Å². The normalized spacial score (nSPS) is 21.5. The van der Waals surface area contributed by atoms with Gasteiger partial charge in [0.15, 0.2) is 0 Å². The Balaban J connectivity index is 2.61. The number of hydrogen-bond donors (Lipinski definition) is 1. The monoisotopic (exact) mass is 200 g/mol. The molecule has 0 aromatic heterocycles. The molecule has 0 bridgehead atoms. The summed E-state index contributed by atoms with van der Waals surface area (Å²) in [5.74, 6) is -0.437. The molecule has 5 heteroatoms. The van der Waals surface area contributed by atoms with Gasteiger partial charge in [-0.3, -0.25) is 19.4 Å². The molecule has 80 valence electrons. The summed E-state index contributed by atoms with van der Waals surface area (Å²) in [5.41, 5.74) is 0. The van der Waals surface area contributed by atoms with Gasteiger partial charge in [0.05, 0.1) is 25.7 Å². The molecule has 0 radical (unpaired) electrons. The number of rotatable bonds is 3. The molecule has 2 amide bonds. The number of piperazine rings is 1. The molecule has 1 saturated heterocycles. The Hall–Kier alpha value is -0.940. The minimum atomic E-state index is -0.656. The zero-order chi connectivity index (χ0) is 10.7. The molecule has 1 rings (SSSR count). The van der Waals surface area contributed by atoms with Crippen LogP contribution in [-0.2, 0) is 9.59 Å². The van der Waals surface area contributed by atoms with Gasteiger partial charge in [0.25, 0.3) is 0 Å². The first-order valence-corrected chi connectivity index (χ1v) is 4.78. The molecule has 0 saturated carbocycles. The molecule has 1 fully saturated rings. The number of hydrogen-bond acceptors (Lipinski definition) is 4. The molecule has 1 aliphatic rings. The van der Waals surface area contributed by atoms with Crippen molar-refractivity contribution in [1.82, 2.24) is 9.80 Å². The van der Waals surface area contributed by atoms with Crippen LogP contribution in [0.25, 0.3) is 0 Å². The smallest absolute Gasteiger partial charge is 0.243 e. The zero-order valence-corrected chi connectivity index (χ0v) is 8.56. The Morgan fingerprint density at radius 3 is 2.21 bits per heavy atom. The number of likely N-dealkylation sites (N-methyl/N-ethyl adjacent to an activating group) is 1. The number of nitrogens with zero attached hydrogens (tertiary/aromatic N) is 2. The summed E-state index contributed by atoms with van der Waals surface area (Å²) in [6, 6.07) is 0. The van der Waals surface area contributed by atoms with E-state index in [4.69, 9.17) is 5.11 Å². The fourth-order valence-electron chi connectivity index (χ4n) is 1.44. The number of imide groups is 1.